The van der Waals surface area contributed by atoms with Crippen LogP contribution >= 0.6 is 22.9 Å². The molecule has 1 aliphatic carbocycles. The fourth-order valence-corrected chi connectivity index (χ4v) is 4.28. The molecule has 7 heteroatoms. The molecule has 0 radical (unpaired) electrons. The average molecular weight is 386 g/mol. The zero-order valence-electron chi connectivity index (χ0n) is 14.1. The second kappa shape index (κ2) is 7.05. The number of halogens is 1. The predicted octanol–water partition coefficient (Wildman–Crippen LogP) is 4.61. The highest BCUT2D eigenvalue weighted by Gasteiger charge is 2.22. The highest BCUT2D eigenvalue weighted by molar-refractivity contribution is 7.17. The van der Waals surface area contributed by atoms with Crippen molar-refractivity contribution in [3.05, 3.63) is 57.9 Å². The van der Waals surface area contributed by atoms with E-state index < -0.39 is 0 Å². The lowest BCUT2D eigenvalue weighted by atomic mass is 10.0. The molecule has 0 saturated heterocycles. The monoisotopic (exact) mass is 385 g/mol. The van der Waals surface area contributed by atoms with Gasteiger partial charge in [-0.1, -0.05) is 17.7 Å². The van der Waals surface area contributed by atoms with Crippen LogP contribution in [-0.2, 0) is 12.8 Å². The number of aromatic nitrogens is 2. The van der Waals surface area contributed by atoms with Gasteiger partial charge in [0.05, 0.1) is 17.7 Å². The van der Waals surface area contributed by atoms with Gasteiger partial charge in [0.1, 0.15) is 10.9 Å². The first kappa shape index (κ1) is 17.0. The second-order valence-corrected chi connectivity index (χ2v) is 7.38. The summed E-state index contributed by atoms with van der Waals surface area (Å²) in [5.74, 6) is 0.567. The summed E-state index contributed by atoms with van der Waals surface area (Å²) in [7, 11) is 1.66. The molecule has 0 unspecified atom stereocenters. The minimum atomic E-state index is -0.241. The number of ether oxygens (including phenoxy) is 1. The van der Waals surface area contributed by atoms with Crippen molar-refractivity contribution in [1.82, 2.24) is 9.97 Å². The Labute approximate surface area is 160 Å². The number of rotatable bonds is 3. The van der Waals surface area contributed by atoms with Crippen molar-refractivity contribution in [3.8, 4) is 16.2 Å². The Morgan fingerprint density at radius 2 is 2.15 bits per heavy atom. The number of carbonyl (C=O) groups excluding carboxylic acids is 1. The van der Waals surface area contributed by atoms with E-state index >= 15 is 0 Å². The van der Waals surface area contributed by atoms with E-state index in [4.69, 9.17) is 16.3 Å². The van der Waals surface area contributed by atoms with Crippen LogP contribution < -0.4 is 10.1 Å². The zero-order chi connectivity index (χ0) is 18.1. The number of methoxy groups -OCH3 is 1. The Bertz CT molecular complexity index is 987. The van der Waals surface area contributed by atoms with Gasteiger partial charge in [0, 0.05) is 17.4 Å². The largest absolute Gasteiger partial charge is 0.497 e. The number of thiazole rings is 1. The molecule has 1 aromatic carbocycles. The van der Waals surface area contributed by atoms with Crippen LogP contribution in [0.15, 0.2) is 36.5 Å². The summed E-state index contributed by atoms with van der Waals surface area (Å²) in [6, 6.07) is 9.41. The van der Waals surface area contributed by atoms with E-state index in [0.717, 1.165) is 41.1 Å². The lowest BCUT2D eigenvalue weighted by Crippen LogP contribution is -2.11. The first-order valence-corrected chi connectivity index (χ1v) is 9.43. The number of hydrogen-bond donors (Lipinski definition) is 1. The van der Waals surface area contributed by atoms with E-state index in [9.17, 15) is 4.79 Å². The third kappa shape index (κ3) is 3.30. The highest BCUT2D eigenvalue weighted by atomic mass is 35.5. The fourth-order valence-electron chi connectivity index (χ4n) is 3.05. The summed E-state index contributed by atoms with van der Waals surface area (Å²) >= 11 is 7.29. The van der Waals surface area contributed by atoms with Gasteiger partial charge < -0.3 is 10.1 Å². The molecule has 5 nitrogen and oxygen atoms in total. The molecule has 132 valence electrons. The van der Waals surface area contributed by atoms with Gasteiger partial charge in [-0.2, -0.15) is 0 Å². The molecule has 26 heavy (non-hydrogen) atoms. The molecule has 3 aromatic rings. The number of amides is 1. The maximum absolute atomic E-state index is 12.6. The average Bonchev–Trinajstić information content (AvgIpc) is 2.99. The van der Waals surface area contributed by atoms with Gasteiger partial charge in [-0.3, -0.25) is 4.79 Å². The molecule has 0 aliphatic heterocycles. The van der Waals surface area contributed by atoms with E-state index in [0.29, 0.717) is 15.8 Å². The molecule has 0 fully saturated rings. The summed E-state index contributed by atoms with van der Waals surface area (Å²) in [5, 5.41) is 3.61. The number of nitrogens with zero attached hydrogens (tertiary/aromatic N) is 2. The van der Waals surface area contributed by atoms with Crippen LogP contribution in [0.4, 0.5) is 5.69 Å². The first-order chi connectivity index (χ1) is 12.6. The van der Waals surface area contributed by atoms with Crippen molar-refractivity contribution in [2.45, 2.75) is 19.3 Å². The van der Waals surface area contributed by atoms with Gasteiger partial charge >= 0.3 is 0 Å². The quantitative estimate of drug-likeness (QED) is 0.669. The van der Waals surface area contributed by atoms with Gasteiger partial charge in [-0.25, -0.2) is 9.97 Å². The van der Waals surface area contributed by atoms with E-state index in [-0.39, 0.29) is 5.91 Å². The predicted molar refractivity (Wildman–Crippen MR) is 103 cm³/mol. The van der Waals surface area contributed by atoms with Crippen LogP contribution in [0.1, 0.15) is 27.5 Å². The lowest BCUT2D eigenvalue weighted by molar-refractivity contribution is 0.102. The number of anilines is 1. The normalized spacial score (nSPS) is 12.7. The summed E-state index contributed by atoms with van der Waals surface area (Å²) in [5.41, 5.74) is 3.95. The second-order valence-electron chi connectivity index (χ2n) is 5.99. The summed E-state index contributed by atoms with van der Waals surface area (Å²) < 4.78 is 5.37. The molecule has 2 heterocycles. The van der Waals surface area contributed by atoms with Crippen molar-refractivity contribution in [2.24, 2.45) is 0 Å². The Morgan fingerprint density at radius 1 is 1.27 bits per heavy atom. The number of fused-ring (bicyclic) bond motifs is 3. The number of pyridine rings is 1. The molecule has 1 N–H and O–H groups in total. The molecule has 1 aliphatic rings. The third-order valence-electron chi connectivity index (χ3n) is 4.30. The van der Waals surface area contributed by atoms with Crippen LogP contribution in [-0.4, -0.2) is 23.0 Å². The maximum Gasteiger partial charge on any atom is 0.284 e. The van der Waals surface area contributed by atoms with Crippen molar-refractivity contribution in [2.75, 3.05) is 12.4 Å². The smallest absolute Gasteiger partial charge is 0.284 e. The molecular formula is C19H16ClN3O2S. The molecule has 4 rings (SSSR count). The Morgan fingerprint density at radius 3 is 2.96 bits per heavy atom. The molecule has 0 spiro atoms. The first-order valence-electron chi connectivity index (χ1n) is 8.24. The van der Waals surface area contributed by atoms with Crippen LogP contribution in [0.25, 0.3) is 10.4 Å². The molecule has 0 saturated carbocycles. The van der Waals surface area contributed by atoms with Crippen LogP contribution in [0.2, 0.25) is 5.15 Å². The van der Waals surface area contributed by atoms with Crippen LogP contribution in [0.5, 0.6) is 5.75 Å². The van der Waals surface area contributed by atoms with Crippen molar-refractivity contribution >= 4 is 34.5 Å². The molecule has 0 bridgehead atoms. The highest BCUT2D eigenvalue weighted by Crippen LogP contribution is 2.38. The summed E-state index contributed by atoms with van der Waals surface area (Å²) in [6.45, 7) is 0. The van der Waals surface area contributed by atoms with Crippen molar-refractivity contribution < 1.29 is 9.53 Å². The van der Waals surface area contributed by atoms with Gasteiger partial charge in [0.15, 0.2) is 5.01 Å². The minimum absolute atomic E-state index is 0.241. The van der Waals surface area contributed by atoms with Gasteiger partial charge in [-0.15, -0.1) is 11.3 Å². The number of aryl methyl sites for hydroxylation is 2. The van der Waals surface area contributed by atoms with E-state index in [1.165, 1.54) is 16.9 Å². The van der Waals surface area contributed by atoms with E-state index in [1.54, 1.807) is 25.4 Å². The zero-order valence-corrected chi connectivity index (χ0v) is 15.7. The van der Waals surface area contributed by atoms with Crippen LogP contribution in [0.3, 0.4) is 0 Å². The fraction of sp³-hybridized carbons (Fsp3) is 0.211. The maximum atomic E-state index is 12.6. The SMILES string of the molecule is COc1ccc2c(c1)-c1sc(C(=O)Nc3ccnc(Cl)c3)nc1CCC2. The van der Waals surface area contributed by atoms with Crippen molar-refractivity contribution in [1.29, 1.82) is 0 Å². The molecule has 0 atom stereocenters. The topological polar surface area (TPSA) is 64.1 Å². The number of nitrogens with one attached hydrogen (secondary N) is 1. The number of carbonyl (C=O) groups is 1. The van der Waals surface area contributed by atoms with E-state index in [2.05, 4.69) is 21.4 Å². The minimum Gasteiger partial charge on any atom is -0.497 e. The summed E-state index contributed by atoms with van der Waals surface area (Å²) in [6.07, 6.45) is 4.42. The number of benzene rings is 1. The molecular weight excluding hydrogens is 370 g/mol. The van der Waals surface area contributed by atoms with Gasteiger partial charge in [0.25, 0.3) is 5.91 Å². The van der Waals surface area contributed by atoms with E-state index in [1.807, 2.05) is 12.1 Å². The van der Waals surface area contributed by atoms with Crippen LogP contribution in [0, 0.1) is 0 Å². The Kier molecular flexibility index (Phi) is 4.61. The molecule has 1 amide bonds. The van der Waals surface area contributed by atoms with Gasteiger partial charge in [-0.05, 0) is 49.1 Å². The standard InChI is InChI=1S/C19H16ClN3O2S/c1-25-13-6-5-11-3-2-4-15-17(14(11)10-13)26-19(23-15)18(24)22-12-7-8-21-16(20)9-12/h5-10H,2-4H2,1H3,(H,21,22,24). The lowest BCUT2D eigenvalue weighted by Gasteiger charge is -2.08. The Hall–Kier alpha value is -2.44. The number of hydrogen-bond acceptors (Lipinski definition) is 5. The Balaban J connectivity index is 1.68. The summed E-state index contributed by atoms with van der Waals surface area (Å²) in [4.78, 5) is 22.2. The molecule has 2 aromatic heterocycles. The van der Waals surface area contributed by atoms with Crippen molar-refractivity contribution in [3.63, 3.8) is 0 Å². The van der Waals surface area contributed by atoms with Gasteiger partial charge in [0.2, 0.25) is 0 Å². The third-order valence-corrected chi connectivity index (χ3v) is 5.63.